The number of rotatable bonds is 1. The van der Waals surface area contributed by atoms with E-state index >= 15 is 0 Å². The molecule has 1 fully saturated rings. The molecule has 0 radical (unpaired) electrons. The van der Waals surface area contributed by atoms with Crippen LogP contribution in [-0.2, 0) is 4.79 Å². The van der Waals surface area contributed by atoms with Crippen molar-refractivity contribution >= 4 is 5.91 Å². The number of hydrogen-bond acceptors (Lipinski definition) is 2. The highest BCUT2D eigenvalue weighted by atomic mass is 16.2. The number of hydrogen-bond donors (Lipinski definition) is 2. The molecular weight excluding hydrogens is 140 g/mol. The maximum atomic E-state index is 11.3. The first-order valence-electron chi connectivity index (χ1n) is 4.20. The van der Waals surface area contributed by atoms with Crippen molar-refractivity contribution in [3.8, 4) is 0 Å². The molecule has 2 unspecified atom stereocenters. The Bertz CT molecular complexity index is 147. The van der Waals surface area contributed by atoms with Crippen molar-refractivity contribution in [3.63, 3.8) is 0 Å². The summed E-state index contributed by atoms with van der Waals surface area (Å²) in [4.78, 5) is 11.3. The van der Waals surface area contributed by atoms with Crippen molar-refractivity contribution in [2.24, 2.45) is 5.92 Å². The van der Waals surface area contributed by atoms with Crippen LogP contribution in [0.15, 0.2) is 0 Å². The van der Waals surface area contributed by atoms with Gasteiger partial charge in [-0.3, -0.25) is 4.79 Å². The molecule has 1 heterocycles. The Labute approximate surface area is 67.5 Å². The van der Waals surface area contributed by atoms with Crippen molar-refractivity contribution < 1.29 is 4.79 Å². The highest BCUT2D eigenvalue weighted by Gasteiger charge is 2.24. The topological polar surface area (TPSA) is 41.1 Å². The van der Waals surface area contributed by atoms with Crippen LogP contribution in [0.4, 0.5) is 0 Å². The van der Waals surface area contributed by atoms with Gasteiger partial charge < -0.3 is 10.6 Å². The van der Waals surface area contributed by atoms with Crippen molar-refractivity contribution in [1.82, 2.24) is 10.6 Å². The molecule has 2 N–H and O–H groups in total. The van der Waals surface area contributed by atoms with Gasteiger partial charge in [0.05, 0.1) is 6.04 Å². The quantitative estimate of drug-likeness (QED) is 0.566. The molecule has 3 heteroatoms. The van der Waals surface area contributed by atoms with Gasteiger partial charge in [0.2, 0.25) is 5.91 Å². The van der Waals surface area contributed by atoms with E-state index in [-0.39, 0.29) is 11.9 Å². The van der Waals surface area contributed by atoms with E-state index in [1.807, 2.05) is 7.05 Å². The normalized spacial score (nSPS) is 32.7. The molecule has 0 aliphatic carbocycles. The zero-order valence-electron chi connectivity index (χ0n) is 7.18. The summed E-state index contributed by atoms with van der Waals surface area (Å²) in [6.07, 6.45) is 2.23. The molecule has 0 aromatic carbocycles. The van der Waals surface area contributed by atoms with E-state index in [0.717, 1.165) is 19.4 Å². The van der Waals surface area contributed by atoms with Gasteiger partial charge in [0.1, 0.15) is 0 Å². The monoisotopic (exact) mass is 156 g/mol. The predicted molar refractivity (Wildman–Crippen MR) is 44.3 cm³/mol. The van der Waals surface area contributed by atoms with Crippen molar-refractivity contribution in [3.05, 3.63) is 0 Å². The Morgan fingerprint density at radius 3 is 3.00 bits per heavy atom. The first kappa shape index (κ1) is 8.53. The van der Waals surface area contributed by atoms with Crippen LogP contribution in [0.3, 0.4) is 0 Å². The van der Waals surface area contributed by atoms with E-state index < -0.39 is 0 Å². The van der Waals surface area contributed by atoms with E-state index in [0.29, 0.717) is 5.92 Å². The number of likely N-dealkylation sites (N-methyl/N-ethyl adjacent to an activating group) is 1. The zero-order chi connectivity index (χ0) is 8.27. The smallest absolute Gasteiger partial charge is 0.237 e. The van der Waals surface area contributed by atoms with Crippen LogP contribution in [0.5, 0.6) is 0 Å². The van der Waals surface area contributed by atoms with Gasteiger partial charge in [-0.1, -0.05) is 6.92 Å². The zero-order valence-corrected chi connectivity index (χ0v) is 7.18. The van der Waals surface area contributed by atoms with Crippen LogP contribution in [0, 0.1) is 5.92 Å². The second kappa shape index (κ2) is 3.72. The molecule has 0 aromatic heterocycles. The van der Waals surface area contributed by atoms with E-state index in [2.05, 4.69) is 17.6 Å². The second-order valence-corrected chi connectivity index (χ2v) is 3.18. The number of amides is 1. The Morgan fingerprint density at radius 2 is 2.36 bits per heavy atom. The third kappa shape index (κ3) is 1.93. The lowest BCUT2D eigenvalue weighted by atomic mass is 9.98. The fourth-order valence-electron chi connectivity index (χ4n) is 1.59. The fraction of sp³-hybridized carbons (Fsp3) is 0.875. The molecule has 0 saturated carbocycles. The summed E-state index contributed by atoms with van der Waals surface area (Å²) in [7, 11) is 1.84. The van der Waals surface area contributed by atoms with Gasteiger partial charge in [0.25, 0.3) is 0 Å². The molecule has 0 aromatic rings. The Balaban J connectivity index is 2.58. The first-order valence-corrected chi connectivity index (χ1v) is 4.20. The highest BCUT2D eigenvalue weighted by molar-refractivity contribution is 5.82. The van der Waals surface area contributed by atoms with Gasteiger partial charge in [0.15, 0.2) is 0 Å². The minimum absolute atomic E-state index is 0.0116. The summed E-state index contributed by atoms with van der Waals surface area (Å²) < 4.78 is 0. The van der Waals surface area contributed by atoms with Gasteiger partial charge in [-0.25, -0.2) is 0 Å². The standard InChI is InChI=1S/C8H16N2O/c1-6-4-3-5-10-8(11)7(6)9-2/h6-7,9H,3-5H2,1-2H3,(H,10,11). The van der Waals surface area contributed by atoms with Crippen LogP contribution in [0.2, 0.25) is 0 Å². The molecule has 11 heavy (non-hydrogen) atoms. The van der Waals surface area contributed by atoms with E-state index in [4.69, 9.17) is 0 Å². The molecule has 1 saturated heterocycles. The molecule has 3 nitrogen and oxygen atoms in total. The molecule has 2 atom stereocenters. The van der Waals surface area contributed by atoms with Crippen LogP contribution in [-0.4, -0.2) is 25.5 Å². The third-order valence-corrected chi connectivity index (χ3v) is 2.30. The van der Waals surface area contributed by atoms with Crippen molar-refractivity contribution in [2.75, 3.05) is 13.6 Å². The van der Waals surface area contributed by atoms with Gasteiger partial charge in [-0.05, 0) is 25.8 Å². The van der Waals surface area contributed by atoms with E-state index in [9.17, 15) is 4.79 Å². The maximum absolute atomic E-state index is 11.3. The molecule has 1 aliphatic rings. The van der Waals surface area contributed by atoms with Gasteiger partial charge >= 0.3 is 0 Å². The third-order valence-electron chi connectivity index (χ3n) is 2.30. The fourth-order valence-corrected chi connectivity index (χ4v) is 1.59. The van der Waals surface area contributed by atoms with Crippen LogP contribution < -0.4 is 10.6 Å². The van der Waals surface area contributed by atoms with Gasteiger partial charge in [-0.15, -0.1) is 0 Å². The Kier molecular flexibility index (Phi) is 2.88. The van der Waals surface area contributed by atoms with Gasteiger partial charge in [0, 0.05) is 6.54 Å². The Morgan fingerprint density at radius 1 is 1.64 bits per heavy atom. The van der Waals surface area contributed by atoms with E-state index in [1.165, 1.54) is 0 Å². The minimum atomic E-state index is 0.0116. The summed E-state index contributed by atoms with van der Waals surface area (Å²) in [5, 5.41) is 5.91. The molecule has 64 valence electrons. The summed E-state index contributed by atoms with van der Waals surface area (Å²) in [6, 6.07) is 0.0116. The largest absolute Gasteiger partial charge is 0.355 e. The van der Waals surface area contributed by atoms with Crippen molar-refractivity contribution in [1.29, 1.82) is 0 Å². The highest BCUT2D eigenvalue weighted by Crippen LogP contribution is 2.13. The average molecular weight is 156 g/mol. The number of carbonyl (C=O) groups excluding carboxylic acids is 1. The summed E-state index contributed by atoms with van der Waals surface area (Å²) in [5.74, 6) is 0.611. The molecule has 1 amide bonds. The number of carbonyl (C=O) groups is 1. The first-order chi connectivity index (χ1) is 5.25. The molecule has 1 rings (SSSR count). The van der Waals surface area contributed by atoms with E-state index in [1.54, 1.807) is 0 Å². The Hall–Kier alpha value is -0.570. The van der Waals surface area contributed by atoms with Crippen LogP contribution in [0.1, 0.15) is 19.8 Å². The van der Waals surface area contributed by atoms with Crippen LogP contribution >= 0.6 is 0 Å². The second-order valence-electron chi connectivity index (χ2n) is 3.18. The number of nitrogens with one attached hydrogen (secondary N) is 2. The lowest BCUT2D eigenvalue weighted by molar-refractivity contribution is -0.123. The van der Waals surface area contributed by atoms with Crippen LogP contribution in [0.25, 0.3) is 0 Å². The minimum Gasteiger partial charge on any atom is -0.355 e. The maximum Gasteiger partial charge on any atom is 0.237 e. The average Bonchev–Trinajstić information content (AvgIpc) is 2.12. The SMILES string of the molecule is CNC1C(=O)NCCCC1C. The lowest BCUT2D eigenvalue weighted by Crippen LogP contribution is -2.44. The summed E-state index contributed by atoms with van der Waals surface area (Å²) in [6.45, 7) is 2.95. The summed E-state index contributed by atoms with van der Waals surface area (Å²) in [5.41, 5.74) is 0. The van der Waals surface area contributed by atoms with Crippen molar-refractivity contribution in [2.45, 2.75) is 25.8 Å². The lowest BCUT2D eigenvalue weighted by Gasteiger charge is -2.18. The molecular formula is C8H16N2O. The van der Waals surface area contributed by atoms with Gasteiger partial charge in [-0.2, -0.15) is 0 Å². The molecule has 0 spiro atoms. The summed E-state index contributed by atoms with van der Waals surface area (Å²) >= 11 is 0. The molecule has 1 aliphatic heterocycles. The predicted octanol–water partition coefficient (Wildman–Crippen LogP) is 0.120. The molecule has 0 bridgehead atoms.